The highest BCUT2D eigenvalue weighted by Crippen LogP contribution is 2.45. The molecule has 2 saturated carbocycles. The molecule has 2 aliphatic rings. The fourth-order valence-electron chi connectivity index (χ4n) is 5.67. The Bertz CT molecular complexity index is 641. The summed E-state index contributed by atoms with van der Waals surface area (Å²) in [5, 5.41) is 9.26. The van der Waals surface area contributed by atoms with E-state index in [1.54, 1.807) is 6.07 Å². The summed E-state index contributed by atoms with van der Waals surface area (Å²) in [6.07, 6.45) is 17.5. The Balaban J connectivity index is 1.44. The molecule has 0 atom stereocenters. The van der Waals surface area contributed by atoms with E-state index in [0.29, 0.717) is 5.92 Å². The zero-order chi connectivity index (χ0) is 19.9. The minimum atomic E-state index is -0.468. The third kappa shape index (κ3) is 5.50. The zero-order valence-corrected chi connectivity index (χ0v) is 18.1. The maximum atomic E-state index is 14.1. The van der Waals surface area contributed by atoms with Gasteiger partial charge in [0.15, 0.2) is 0 Å². The molecule has 0 aromatic heterocycles. The van der Waals surface area contributed by atoms with Crippen molar-refractivity contribution in [2.75, 3.05) is 0 Å². The first kappa shape index (κ1) is 21.6. The van der Waals surface area contributed by atoms with Gasteiger partial charge in [0.25, 0.3) is 0 Å². The van der Waals surface area contributed by atoms with Crippen LogP contribution in [-0.2, 0) is 0 Å². The highest BCUT2D eigenvalue weighted by atomic mass is 35.5. The maximum Gasteiger partial charge on any atom is 0.142 e. The van der Waals surface area contributed by atoms with Crippen molar-refractivity contribution in [1.82, 2.24) is 0 Å². The summed E-state index contributed by atoms with van der Waals surface area (Å²) in [6.45, 7) is 2.28. The van der Waals surface area contributed by atoms with Crippen molar-refractivity contribution in [2.45, 2.75) is 96.3 Å². The van der Waals surface area contributed by atoms with Crippen LogP contribution in [0.15, 0.2) is 12.1 Å². The van der Waals surface area contributed by atoms with Crippen molar-refractivity contribution in [2.24, 2.45) is 17.8 Å². The van der Waals surface area contributed by atoms with Gasteiger partial charge in [-0.15, -0.1) is 0 Å². The highest BCUT2D eigenvalue weighted by Gasteiger charge is 2.31. The van der Waals surface area contributed by atoms with Gasteiger partial charge in [0, 0.05) is 0 Å². The molecule has 2 aliphatic carbocycles. The quantitative estimate of drug-likeness (QED) is 0.419. The van der Waals surface area contributed by atoms with Gasteiger partial charge in [-0.1, -0.05) is 63.5 Å². The molecule has 28 heavy (non-hydrogen) atoms. The van der Waals surface area contributed by atoms with Gasteiger partial charge in [0.1, 0.15) is 17.4 Å². The van der Waals surface area contributed by atoms with E-state index in [-0.39, 0.29) is 10.6 Å². The maximum absolute atomic E-state index is 14.1. The largest absolute Gasteiger partial charge is 0.205 e. The average Bonchev–Trinajstić information content (AvgIpc) is 2.72. The van der Waals surface area contributed by atoms with E-state index < -0.39 is 5.82 Å². The van der Waals surface area contributed by atoms with Gasteiger partial charge < -0.3 is 0 Å². The standard InChI is InChI=1S/C25H35ClFN/c1-2-3-4-5-6-18-7-9-19(10-8-18)20-11-13-21(14-12-20)22-15-24(26)23(17-28)25(27)16-22/h15-16,18-21H,2-14H2,1H3/t18-,19-,20-,21-. The van der Waals surface area contributed by atoms with E-state index >= 15 is 0 Å². The minimum absolute atomic E-state index is 0.0226. The van der Waals surface area contributed by atoms with Crippen LogP contribution < -0.4 is 0 Å². The predicted molar refractivity (Wildman–Crippen MR) is 115 cm³/mol. The third-order valence-electron chi connectivity index (χ3n) is 7.44. The molecule has 0 bridgehead atoms. The van der Waals surface area contributed by atoms with Crippen LogP contribution in [0.4, 0.5) is 4.39 Å². The fourth-order valence-corrected chi connectivity index (χ4v) is 5.93. The van der Waals surface area contributed by atoms with E-state index in [0.717, 1.165) is 36.2 Å². The molecule has 0 aliphatic heterocycles. The van der Waals surface area contributed by atoms with Gasteiger partial charge in [-0.05, 0) is 79.9 Å². The third-order valence-corrected chi connectivity index (χ3v) is 7.74. The number of unbranched alkanes of at least 4 members (excludes halogenated alkanes) is 3. The summed E-state index contributed by atoms with van der Waals surface area (Å²) in [5.74, 6) is 2.67. The molecule has 0 saturated heterocycles. The normalized spacial score (nSPS) is 28.1. The molecule has 0 N–H and O–H groups in total. The van der Waals surface area contributed by atoms with Gasteiger partial charge in [-0.25, -0.2) is 4.39 Å². The molecule has 1 aromatic rings. The lowest BCUT2D eigenvalue weighted by atomic mass is 9.68. The van der Waals surface area contributed by atoms with E-state index in [9.17, 15) is 4.39 Å². The topological polar surface area (TPSA) is 23.8 Å². The van der Waals surface area contributed by atoms with Gasteiger partial charge in [-0.2, -0.15) is 5.26 Å². The van der Waals surface area contributed by atoms with Gasteiger partial charge in [-0.3, -0.25) is 0 Å². The minimum Gasteiger partial charge on any atom is -0.205 e. The number of nitriles is 1. The Morgan fingerprint density at radius 2 is 1.61 bits per heavy atom. The SMILES string of the molecule is CCCCCC[C@H]1CC[C@H]([C@H]2CC[C@H](c3cc(F)c(C#N)c(Cl)c3)CC2)CC1. The van der Waals surface area contributed by atoms with Crippen molar-refractivity contribution in [1.29, 1.82) is 5.26 Å². The van der Waals surface area contributed by atoms with Crippen LogP contribution in [0, 0.1) is 34.9 Å². The number of rotatable bonds is 7. The van der Waals surface area contributed by atoms with Crippen LogP contribution in [0.2, 0.25) is 5.02 Å². The van der Waals surface area contributed by atoms with Gasteiger partial charge >= 0.3 is 0 Å². The molecule has 3 rings (SSSR count). The molecule has 0 spiro atoms. The summed E-state index contributed by atoms with van der Waals surface area (Å²) in [6, 6.07) is 5.22. The molecule has 1 aromatic carbocycles. The molecule has 0 unspecified atom stereocenters. The second-order valence-corrected chi connectivity index (χ2v) is 9.62. The van der Waals surface area contributed by atoms with E-state index in [4.69, 9.17) is 16.9 Å². The Morgan fingerprint density at radius 1 is 0.964 bits per heavy atom. The van der Waals surface area contributed by atoms with Crippen molar-refractivity contribution in [3.8, 4) is 6.07 Å². The molecule has 0 amide bonds. The first-order valence-electron chi connectivity index (χ1n) is 11.5. The summed E-state index contributed by atoms with van der Waals surface area (Å²) in [4.78, 5) is 0. The van der Waals surface area contributed by atoms with Gasteiger partial charge in [0.05, 0.1) is 5.02 Å². The molecule has 2 fully saturated rings. The van der Waals surface area contributed by atoms with Gasteiger partial charge in [0.2, 0.25) is 0 Å². The monoisotopic (exact) mass is 403 g/mol. The zero-order valence-electron chi connectivity index (χ0n) is 17.4. The lowest BCUT2D eigenvalue weighted by molar-refractivity contribution is 0.155. The number of halogens is 2. The van der Waals surface area contributed by atoms with Crippen molar-refractivity contribution < 1.29 is 4.39 Å². The summed E-state index contributed by atoms with van der Waals surface area (Å²) >= 11 is 6.11. The van der Waals surface area contributed by atoms with Crippen LogP contribution in [0.25, 0.3) is 0 Å². The molecule has 0 heterocycles. The molecular formula is C25H35ClFN. The number of hydrogen-bond donors (Lipinski definition) is 0. The highest BCUT2D eigenvalue weighted by molar-refractivity contribution is 6.31. The fraction of sp³-hybridized carbons (Fsp3) is 0.720. The smallest absolute Gasteiger partial charge is 0.142 e. The van der Waals surface area contributed by atoms with Crippen LogP contribution in [0.5, 0.6) is 0 Å². The second kappa shape index (κ2) is 10.6. The Morgan fingerprint density at radius 3 is 2.18 bits per heavy atom. The lowest BCUT2D eigenvalue weighted by Crippen LogP contribution is -2.25. The molecular weight excluding hydrogens is 369 g/mol. The van der Waals surface area contributed by atoms with Crippen LogP contribution in [0.3, 0.4) is 0 Å². The number of nitrogens with zero attached hydrogens (tertiary/aromatic N) is 1. The molecule has 0 radical (unpaired) electrons. The Kier molecular flexibility index (Phi) is 8.22. The predicted octanol–water partition coefficient (Wildman–Crippen LogP) is 8.40. The number of hydrogen-bond acceptors (Lipinski definition) is 1. The van der Waals surface area contributed by atoms with E-state index in [2.05, 4.69) is 6.92 Å². The van der Waals surface area contributed by atoms with Crippen molar-refractivity contribution in [3.05, 3.63) is 34.1 Å². The number of benzene rings is 1. The van der Waals surface area contributed by atoms with Crippen LogP contribution >= 0.6 is 11.6 Å². The van der Waals surface area contributed by atoms with E-state index in [1.807, 2.05) is 12.1 Å². The first-order chi connectivity index (χ1) is 13.6. The summed E-state index contributed by atoms with van der Waals surface area (Å²) in [7, 11) is 0. The first-order valence-corrected chi connectivity index (χ1v) is 11.9. The molecule has 1 nitrogen and oxygen atoms in total. The summed E-state index contributed by atoms with van der Waals surface area (Å²) < 4.78 is 14.1. The Hall–Kier alpha value is -1.07. The van der Waals surface area contributed by atoms with Crippen molar-refractivity contribution in [3.63, 3.8) is 0 Å². The second-order valence-electron chi connectivity index (χ2n) is 9.21. The van der Waals surface area contributed by atoms with Crippen LogP contribution in [0.1, 0.15) is 107 Å². The molecule has 3 heteroatoms. The van der Waals surface area contributed by atoms with E-state index in [1.165, 1.54) is 70.6 Å². The van der Waals surface area contributed by atoms with Crippen LogP contribution in [-0.4, -0.2) is 0 Å². The average molecular weight is 404 g/mol. The lowest BCUT2D eigenvalue weighted by Gasteiger charge is -2.38. The van der Waals surface area contributed by atoms with Crippen molar-refractivity contribution >= 4 is 11.6 Å². The molecule has 154 valence electrons. The Labute approximate surface area is 175 Å². The summed E-state index contributed by atoms with van der Waals surface area (Å²) in [5.41, 5.74) is 0.960.